The van der Waals surface area contributed by atoms with Crippen molar-refractivity contribution in [2.75, 3.05) is 25.6 Å². The molecular weight excluding hydrogens is 334 g/mol. The zero-order valence-corrected chi connectivity index (χ0v) is 14.2. The van der Waals surface area contributed by atoms with E-state index in [9.17, 15) is 13.2 Å². The van der Waals surface area contributed by atoms with E-state index in [4.69, 9.17) is 9.26 Å². The van der Waals surface area contributed by atoms with Crippen LogP contribution >= 0.6 is 0 Å². The van der Waals surface area contributed by atoms with Gasteiger partial charge < -0.3 is 14.6 Å². The van der Waals surface area contributed by atoms with Gasteiger partial charge in [0.15, 0.2) is 5.82 Å². The van der Waals surface area contributed by atoms with Gasteiger partial charge in [0, 0.05) is 31.9 Å². The number of rotatable bonds is 8. The first-order valence-electron chi connectivity index (χ1n) is 7.26. The Hall–Kier alpha value is -2.23. The third-order valence-electron chi connectivity index (χ3n) is 3.09. The Bertz CT molecular complexity index is 801. The van der Waals surface area contributed by atoms with Gasteiger partial charge >= 0.3 is 0 Å². The number of benzene rings is 1. The number of aryl methyl sites for hydroxylation is 1. The second kappa shape index (κ2) is 8.04. The molecular formula is C15H19N3O5S. The van der Waals surface area contributed by atoms with Crippen molar-refractivity contribution in [2.45, 2.75) is 18.2 Å². The van der Waals surface area contributed by atoms with Gasteiger partial charge in [-0.25, -0.2) is 13.1 Å². The van der Waals surface area contributed by atoms with Crippen LogP contribution in [0.1, 0.15) is 22.5 Å². The summed E-state index contributed by atoms with van der Waals surface area (Å²) < 4.78 is 36.6. The average molecular weight is 353 g/mol. The van der Waals surface area contributed by atoms with Crippen LogP contribution in [0, 0.1) is 6.92 Å². The van der Waals surface area contributed by atoms with E-state index in [-0.39, 0.29) is 22.8 Å². The second-order valence-electron chi connectivity index (χ2n) is 5.05. The predicted molar refractivity (Wildman–Crippen MR) is 87.3 cm³/mol. The van der Waals surface area contributed by atoms with Crippen LogP contribution in [0.25, 0.3) is 0 Å². The van der Waals surface area contributed by atoms with Gasteiger partial charge in [-0.1, -0.05) is 11.2 Å². The van der Waals surface area contributed by atoms with E-state index in [1.165, 1.54) is 24.3 Å². The first-order valence-corrected chi connectivity index (χ1v) is 8.74. The van der Waals surface area contributed by atoms with Gasteiger partial charge in [-0.05, 0) is 31.5 Å². The molecule has 0 spiro atoms. The lowest BCUT2D eigenvalue weighted by molar-refractivity contribution is 0.102. The molecule has 8 nitrogen and oxygen atoms in total. The standard InChI is InChI=1S/C15H19N3O5S/c1-11-9-14(18-23-11)17-15(19)12-5-3-6-13(10-12)24(20,21)16-7-4-8-22-2/h3,5-6,9-10,16H,4,7-8H2,1-2H3,(H,17,18,19). The molecule has 2 aromatic rings. The molecule has 1 heterocycles. The van der Waals surface area contributed by atoms with Crippen molar-refractivity contribution < 1.29 is 22.5 Å². The molecule has 0 saturated carbocycles. The molecule has 0 atom stereocenters. The molecule has 0 aliphatic heterocycles. The Morgan fingerprint density at radius 1 is 1.33 bits per heavy atom. The van der Waals surface area contributed by atoms with Crippen molar-refractivity contribution in [2.24, 2.45) is 0 Å². The zero-order chi connectivity index (χ0) is 17.6. The number of sulfonamides is 1. The molecule has 1 aromatic carbocycles. The lowest BCUT2D eigenvalue weighted by atomic mass is 10.2. The highest BCUT2D eigenvalue weighted by molar-refractivity contribution is 7.89. The van der Waals surface area contributed by atoms with E-state index in [1.54, 1.807) is 20.1 Å². The maximum Gasteiger partial charge on any atom is 0.256 e. The molecule has 9 heteroatoms. The summed E-state index contributed by atoms with van der Waals surface area (Å²) in [6.45, 7) is 2.41. The fourth-order valence-corrected chi connectivity index (χ4v) is 3.04. The summed E-state index contributed by atoms with van der Waals surface area (Å²) in [5.74, 6) is 0.352. The van der Waals surface area contributed by atoms with Gasteiger partial charge in [-0.3, -0.25) is 4.79 Å². The number of aromatic nitrogens is 1. The van der Waals surface area contributed by atoms with Gasteiger partial charge in [0.2, 0.25) is 10.0 Å². The van der Waals surface area contributed by atoms with Crippen LogP contribution in [-0.4, -0.2) is 39.7 Å². The Morgan fingerprint density at radius 3 is 2.79 bits per heavy atom. The van der Waals surface area contributed by atoms with Crippen LogP contribution in [0.4, 0.5) is 5.82 Å². The third kappa shape index (κ3) is 4.88. The van der Waals surface area contributed by atoms with E-state index in [2.05, 4.69) is 15.2 Å². The van der Waals surface area contributed by atoms with Gasteiger partial charge in [0.1, 0.15) is 5.76 Å². The molecule has 0 aliphatic carbocycles. The van der Waals surface area contributed by atoms with E-state index in [0.717, 1.165) is 0 Å². The first-order chi connectivity index (χ1) is 11.4. The van der Waals surface area contributed by atoms with Crippen LogP contribution in [0.2, 0.25) is 0 Å². The number of nitrogens with one attached hydrogen (secondary N) is 2. The molecule has 0 fully saturated rings. The summed E-state index contributed by atoms with van der Waals surface area (Å²) in [4.78, 5) is 12.2. The molecule has 1 amide bonds. The van der Waals surface area contributed by atoms with Crippen LogP contribution in [0.5, 0.6) is 0 Å². The molecule has 1 aromatic heterocycles. The summed E-state index contributed by atoms with van der Waals surface area (Å²) in [5, 5.41) is 6.20. The summed E-state index contributed by atoms with van der Waals surface area (Å²) in [6, 6.07) is 7.32. The number of hydrogen-bond acceptors (Lipinski definition) is 6. The first kappa shape index (κ1) is 18.1. The number of nitrogens with zero attached hydrogens (tertiary/aromatic N) is 1. The molecule has 0 aliphatic rings. The minimum Gasteiger partial charge on any atom is -0.385 e. The van der Waals surface area contributed by atoms with Crippen molar-refractivity contribution >= 4 is 21.7 Å². The molecule has 130 valence electrons. The Labute approximate surface area is 140 Å². The fourth-order valence-electron chi connectivity index (χ4n) is 1.92. The van der Waals surface area contributed by atoms with Crippen molar-refractivity contribution in [3.8, 4) is 0 Å². The van der Waals surface area contributed by atoms with Crippen LogP contribution in [-0.2, 0) is 14.8 Å². The number of hydrogen-bond donors (Lipinski definition) is 2. The smallest absolute Gasteiger partial charge is 0.256 e. The molecule has 0 saturated heterocycles. The summed E-state index contributed by atoms with van der Waals surface area (Å²) in [6.07, 6.45) is 0.557. The summed E-state index contributed by atoms with van der Waals surface area (Å²) >= 11 is 0. The Balaban J connectivity index is 2.08. The van der Waals surface area contributed by atoms with Gasteiger partial charge in [-0.2, -0.15) is 0 Å². The zero-order valence-electron chi connectivity index (χ0n) is 13.4. The van der Waals surface area contributed by atoms with Gasteiger partial charge in [0.05, 0.1) is 4.90 Å². The minimum absolute atomic E-state index is 0.0175. The highest BCUT2D eigenvalue weighted by Gasteiger charge is 2.16. The maximum atomic E-state index is 12.2. The minimum atomic E-state index is -3.69. The van der Waals surface area contributed by atoms with Crippen molar-refractivity contribution in [1.82, 2.24) is 9.88 Å². The number of anilines is 1. The molecule has 2 rings (SSSR count). The molecule has 0 bridgehead atoms. The van der Waals surface area contributed by atoms with E-state index < -0.39 is 15.9 Å². The number of carbonyl (C=O) groups is 1. The lowest BCUT2D eigenvalue weighted by Gasteiger charge is -2.08. The maximum absolute atomic E-state index is 12.2. The molecule has 2 N–H and O–H groups in total. The highest BCUT2D eigenvalue weighted by Crippen LogP contribution is 2.14. The van der Waals surface area contributed by atoms with Crippen molar-refractivity contribution in [1.29, 1.82) is 0 Å². The number of methoxy groups -OCH3 is 1. The number of ether oxygens (including phenoxy) is 1. The lowest BCUT2D eigenvalue weighted by Crippen LogP contribution is -2.26. The second-order valence-corrected chi connectivity index (χ2v) is 6.82. The van der Waals surface area contributed by atoms with Gasteiger partial charge in [0.25, 0.3) is 5.91 Å². The van der Waals surface area contributed by atoms with E-state index in [1.807, 2.05) is 0 Å². The van der Waals surface area contributed by atoms with E-state index >= 15 is 0 Å². The van der Waals surface area contributed by atoms with Gasteiger partial charge in [-0.15, -0.1) is 0 Å². The van der Waals surface area contributed by atoms with Crippen molar-refractivity contribution in [3.05, 3.63) is 41.7 Å². The Morgan fingerprint density at radius 2 is 2.12 bits per heavy atom. The van der Waals surface area contributed by atoms with E-state index in [0.29, 0.717) is 18.8 Å². The summed E-state index contributed by atoms with van der Waals surface area (Å²) in [5.41, 5.74) is 0.204. The number of carbonyl (C=O) groups excluding carboxylic acids is 1. The largest absolute Gasteiger partial charge is 0.385 e. The molecule has 24 heavy (non-hydrogen) atoms. The SMILES string of the molecule is COCCCNS(=O)(=O)c1cccc(C(=O)Nc2cc(C)on2)c1. The highest BCUT2D eigenvalue weighted by atomic mass is 32.2. The van der Waals surface area contributed by atoms with Crippen LogP contribution in [0.3, 0.4) is 0 Å². The molecule has 0 unspecified atom stereocenters. The van der Waals surface area contributed by atoms with Crippen molar-refractivity contribution in [3.63, 3.8) is 0 Å². The average Bonchev–Trinajstić information content (AvgIpc) is 2.96. The fraction of sp³-hybridized carbons (Fsp3) is 0.333. The third-order valence-corrected chi connectivity index (χ3v) is 4.55. The van der Waals surface area contributed by atoms with Crippen LogP contribution < -0.4 is 10.0 Å². The Kier molecular flexibility index (Phi) is 6.07. The topological polar surface area (TPSA) is 111 Å². The quantitative estimate of drug-likeness (QED) is 0.697. The number of amides is 1. The summed E-state index contributed by atoms with van der Waals surface area (Å²) in [7, 11) is -2.14. The monoisotopic (exact) mass is 353 g/mol. The molecule has 0 radical (unpaired) electrons. The normalized spacial score (nSPS) is 11.4. The van der Waals surface area contributed by atoms with Crippen LogP contribution in [0.15, 0.2) is 39.8 Å². The predicted octanol–water partition coefficient (Wildman–Crippen LogP) is 1.55.